The van der Waals surface area contributed by atoms with E-state index in [1.54, 1.807) is 0 Å². The first-order valence-electron chi connectivity index (χ1n) is 7.17. The molecule has 1 aliphatic rings. The molecular weight excluding hydrogens is 234 g/mol. The Morgan fingerprint density at radius 3 is 2.58 bits per heavy atom. The van der Waals surface area contributed by atoms with Crippen molar-refractivity contribution in [1.29, 1.82) is 0 Å². The molecule has 0 aliphatic heterocycles. The van der Waals surface area contributed by atoms with Gasteiger partial charge in [-0.3, -0.25) is 0 Å². The highest BCUT2D eigenvalue weighted by molar-refractivity contribution is 5.18. The lowest BCUT2D eigenvalue weighted by Crippen LogP contribution is -2.07. The number of imidazole rings is 1. The fourth-order valence-corrected chi connectivity index (χ4v) is 3.00. The number of nitrogens with two attached hydrogens (primary N) is 1. The summed E-state index contributed by atoms with van der Waals surface area (Å²) in [5.41, 5.74) is 8.08. The second kappa shape index (κ2) is 5.57. The molecule has 3 heteroatoms. The molecule has 1 saturated carbocycles. The van der Waals surface area contributed by atoms with E-state index >= 15 is 0 Å². The summed E-state index contributed by atoms with van der Waals surface area (Å²) in [6.07, 6.45) is 7.34. The van der Waals surface area contributed by atoms with Crippen LogP contribution in [0.1, 0.15) is 48.7 Å². The van der Waals surface area contributed by atoms with E-state index in [9.17, 15) is 0 Å². The number of hydrogen-bond donors (Lipinski definition) is 1. The summed E-state index contributed by atoms with van der Waals surface area (Å²) in [6.45, 7) is 1.43. The van der Waals surface area contributed by atoms with E-state index in [-0.39, 0.29) is 0 Å². The molecule has 0 radical (unpaired) electrons. The van der Waals surface area contributed by atoms with E-state index in [2.05, 4.69) is 41.1 Å². The minimum atomic E-state index is 0.529. The van der Waals surface area contributed by atoms with Gasteiger partial charge in [0, 0.05) is 25.2 Å². The molecule has 3 rings (SSSR count). The van der Waals surface area contributed by atoms with E-state index in [1.807, 2.05) is 0 Å². The van der Waals surface area contributed by atoms with Crippen molar-refractivity contribution in [3.05, 3.63) is 53.6 Å². The average Bonchev–Trinajstić information content (AvgIpc) is 3.08. The normalized spacial score (nSPS) is 16.1. The van der Waals surface area contributed by atoms with Crippen LogP contribution in [0.4, 0.5) is 0 Å². The quantitative estimate of drug-likeness (QED) is 0.912. The third kappa shape index (κ3) is 2.71. The van der Waals surface area contributed by atoms with Gasteiger partial charge in [0.2, 0.25) is 0 Å². The maximum absolute atomic E-state index is 5.75. The molecule has 1 fully saturated rings. The molecule has 0 saturated heterocycles. The zero-order valence-electron chi connectivity index (χ0n) is 11.3. The van der Waals surface area contributed by atoms with Gasteiger partial charge < -0.3 is 10.3 Å². The zero-order valence-corrected chi connectivity index (χ0v) is 11.3. The second-order valence-electron chi connectivity index (χ2n) is 5.39. The summed E-state index contributed by atoms with van der Waals surface area (Å²) in [6, 6.07) is 10.6. The highest BCUT2D eigenvalue weighted by Crippen LogP contribution is 2.33. The van der Waals surface area contributed by atoms with Crippen LogP contribution in [0.2, 0.25) is 0 Å². The summed E-state index contributed by atoms with van der Waals surface area (Å²) in [4.78, 5) is 4.74. The van der Waals surface area contributed by atoms with Crippen LogP contribution in [0.5, 0.6) is 0 Å². The fraction of sp³-hybridized carbons (Fsp3) is 0.438. The molecule has 1 heterocycles. The van der Waals surface area contributed by atoms with Crippen molar-refractivity contribution in [1.82, 2.24) is 9.55 Å². The maximum Gasteiger partial charge on any atom is 0.112 e. The largest absolute Gasteiger partial charge is 0.330 e. The van der Waals surface area contributed by atoms with Crippen molar-refractivity contribution in [2.75, 3.05) is 0 Å². The molecule has 3 nitrogen and oxygen atoms in total. The summed E-state index contributed by atoms with van der Waals surface area (Å²) in [5.74, 6) is 1.87. The Kier molecular flexibility index (Phi) is 3.65. The summed E-state index contributed by atoms with van der Waals surface area (Å²) in [5, 5.41) is 0. The van der Waals surface area contributed by atoms with Crippen LogP contribution in [-0.4, -0.2) is 9.55 Å². The van der Waals surface area contributed by atoms with E-state index in [1.165, 1.54) is 37.1 Å². The Morgan fingerprint density at radius 2 is 1.89 bits per heavy atom. The lowest BCUT2D eigenvalue weighted by atomic mass is 10.1. The number of rotatable bonds is 4. The predicted octanol–water partition coefficient (Wildman–Crippen LogP) is 3.05. The lowest BCUT2D eigenvalue weighted by Gasteiger charge is -2.12. The van der Waals surface area contributed by atoms with E-state index < -0.39 is 0 Å². The molecule has 0 unspecified atom stereocenters. The number of aromatic nitrogens is 2. The van der Waals surface area contributed by atoms with Gasteiger partial charge in [-0.05, 0) is 18.4 Å². The van der Waals surface area contributed by atoms with Gasteiger partial charge in [0.1, 0.15) is 5.82 Å². The average molecular weight is 255 g/mol. The fourth-order valence-electron chi connectivity index (χ4n) is 3.00. The third-order valence-electron chi connectivity index (χ3n) is 3.98. The van der Waals surface area contributed by atoms with Gasteiger partial charge in [0.05, 0.1) is 5.69 Å². The molecule has 0 atom stereocenters. The van der Waals surface area contributed by atoms with Crippen LogP contribution >= 0.6 is 0 Å². The smallest absolute Gasteiger partial charge is 0.112 e. The maximum atomic E-state index is 5.75. The summed E-state index contributed by atoms with van der Waals surface area (Å²) >= 11 is 0. The van der Waals surface area contributed by atoms with Crippen molar-refractivity contribution in [3.8, 4) is 0 Å². The molecule has 0 amide bonds. The molecule has 0 spiro atoms. The van der Waals surface area contributed by atoms with Crippen molar-refractivity contribution >= 4 is 0 Å². The molecule has 1 aromatic heterocycles. The highest BCUT2D eigenvalue weighted by Gasteiger charge is 2.22. The molecule has 0 bridgehead atoms. The van der Waals surface area contributed by atoms with Crippen LogP contribution in [-0.2, 0) is 13.1 Å². The van der Waals surface area contributed by atoms with Crippen molar-refractivity contribution < 1.29 is 0 Å². The molecular formula is C16H21N3. The Bertz CT molecular complexity index is 524. The third-order valence-corrected chi connectivity index (χ3v) is 3.98. The zero-order chi connectivity index (χ0) is 13.1. The standard InChI is InChI=1S/C16H21N3/c17-10-15-12-19(11-13-6-2-1-3-7-13)16(18-15)14-8-4-5-9-14/h1-3,6-7,12,14H,4-5,8-11,17H2. The molecule has 2 aromatic rings. The van der Waals surface area contributed by atoms with Gasteiger partial charge >= 0.3 is 0 Å². The number of hydrogen-bond acceptors (Lipinski definition) is 2. The Morgan fingerprint density at radius 1 is 1.16 bits per heavy atom. The monoisotopic (exact) mass is 255 g/mol. The van der Waals surface area contributed by atoms with Gasteiger partial charge in [-0.1, -0.05) is 43.2 Å². The number of nitrogens with zero attached hydrogens (tertiary/aromatic N) is 2. The molecule has 1 aromatic carbocycles. The Hall–Kier alpha value is -1.61. The SMILES string of the molecule is NCc1cn(Cc2ccccc2)c(C2CCCC2)n1. The molecule has 19 heavy (non-hydrogen) atoms. The van der Waals surface area contributed by atoms with Gasteiger partial charge in [0.25, 0.3) is 0 Å². The van der Waals surface area contributed by atoms with Crippen LogP contribution in [0.25, 0.3) is 0 Å². The van der Waals surface area contributed by atoms with Gasteiger partial charge in [-0.15, -0.1) is 0 Å². The topological polar surface area (TPSA) is 43.8 Å². The first-order valence-corrected chi connectivity index (χ1v) is 7.17. The van der Waals surface area contributed by atoms with Crippen LogP contribution < -0.4 is 5.73 Å². The first kappa shape index (κ1) is 12.4. The van der Waals surface area contributed by atoms with Crippen LogP contribution in [0.3, 0.4) is 0 Å². The summed E-state index contributed by atoms with van der Waals surface area (Å²) in [7, 11) is 0. The van der Waals surface area contributed by atoms with E-state index in [4.69, 9.17) is 10.7 Å². The first-order chi connectivity index (χ1) is 9.36. The van der Waals surface area contributed by atoms with Crippen molar-refractivity contribution in [2.45, 2.75) is 44.7 Å². The van der Waals surface area contributed by atoms with Gasteiger partial charge in [0.15, 0.2) is 0 Å². The highest BCUT2D eigenvalue weighted by atomic mass is 15.1. The summed E-state index contributed by atoms with van der Waals surface area (Å²) < 4.78 is 2.30. The Labute approximate surface area is 114 Å². The van der Waals surface area contributed by atoms with Gasteiger partial charge in [-0.2, -0.15) is 0 Å². The predicted molar refractivity (Wildman–Crippen MR) is 76.9 cm³/mol. The lowest BCUT2D eigenvalue weighted by molar-refractivity contribution is 0.610. The van der Waals surface area contributed by atoms with Crippen LogP contribution in [0.15, 0.2) is 36.5 Å². The second-order valence-corrected chi connectivity index (χ2v) is 5.39. The van der Waals surface area contributed by atoms with Crippen molar-refractivity contribution in [2.24, 2.45) is 5.73 Å². The van der Waals surface area contributed by atoms with E-state index in [0.717, 1.165) is 12.2 Å². The minimum Gasteiger partial charge on any atom is -0.330 e. The Balaban J connectivity index is 1.88. The molecule has 1 aliphatic carbocycles. The minimum absolute atomic E-state index is 0.529. The molecule has 100 valence electrons. The van der Waals surface area contributed by atoms with Gasteiger partial charge in [-0.25, -0.2) is 4.98 Å². The van der Waals surface area contributed by atoms with E-state index in [0.29, 0.717) is 12.5 Å². The van der Waals surface area contributed by atoms with Crippen molar-refractivity contribution in [3.63, 3.8) is 0 Å². The number of benzene rings is 1. The van der Waals surface area contributed by atoms with Crippen LogP contribution in [0, 0.1) is 0 Å². The molecule has 2 N–H and O–H groups in total.